The quantitative estimate of drug-likeness (QED) is 0.300. The van der Waals surface area contributed by atoms with Crippen LogP contribution in [0.3, 0.4) is 0 Å². The van der Waals surface area contributed by atoms with Gasteiger partial charge in [0, 0.05) is 44.2 Å². The Morgan fingerprint density at radius 3 is 2.35 bits per heavy atom. The van der Waals surface area contributed by atoms with Crippen LogP contribution in [-0.2, 0) is 11.3 Å². The average molecular weight is 545 g/mol. The Labute approximate surface area is 205 Å². The molecule has 0 atom stereocenters. The molecule has 1 saturated heterocycles. The van der Waals surface area contributed by atoms with E-state index in [9.17, 15) is 4.79 Å². The molecule has 0 bridgehead atoms. The number of piperidine rings is 1. The van der Waals surface area contributed by atoms with Crippen molar-refractivity contribution in [2.24, 2.45) is 10.9 Å². The van der Waals surface area contributed by atoms with E-state index in [2.05, 4.69) is 56.3 Å². The molecule has 1 amide bonds. The van der Waals surface area contributed by atoms with Crippen LogP contribution in [0.1, 0.15) is 65.9 Å². The Bertz CT molecular complexity index is 706. The van der Waals surface area contributed by atoms with Gasteiger partial charge in [-0.15, -0.1) is 24.0 Å². The fourth-order valence-electron chi connectivity index (χ4n) is 3.79. The number of nitrogens with zero attached hydrogens (tertiary/aromatic N) is 2. The van der Waals surface area contributed by atoms with Crippen molar-refractivity contribution in [3.05, 3.63) is 29.8 Å². The highest BCUT2D eigenvalue weighted by Gasteiger charge is 2.26. The summed E-state index contributed by atoms with van der Waals surface area (Å²) in [6.45, 7) is 12.6. The van der Waals surface area contributed by atoms with Gasteiger partial charge in [-0.2, -0.15) is 0 Å². The Morgan fingerprint density at radius 1 is 1.19 bits per heavy atom. The van der Waals surface area contributed by atoms with Gasteiger partial charge in [0.2, 0.25) is 5.91 Å². The summed E-state index contributed by atoms with van der Waals surface area (Å²) in [6, 6.07) is 8.42. The highest BCUT2D eigenvalue weighted by molar-refractivity contribution is 14.0. The Balaban J connectivity index is 0.00000480. The van der Waals surface area contributed by atoms with Crippen molar-refractivity contribution in [2.75, 3.05) is 20.1 Å². The lowest BCUT2D eigenvalue weighted by molar-refractivity contribution is -0.136. The minimum atomic E-state index is -0.240. The van der Waals surface area contributed by atoms with Crippen LogP contribution in [-0.4, -0.2) is 48.5 Å². The normalized spacial score (nSPS) is 15.5. The molecule has 176 valence electrons. The number of aliphatic imine (C=N–C) groups is 1. The largest absolute Gasteiger partial charge is 0.488 e. The monoisotopic (exact) mass is 544 g/mol. The van der Waals surface area contributed by atoms with Crippen molar-refractivity contribution in [1.82, 2.24) is 15.5 Å². The molecule has 0 saturated carbocycles. The predicted molar refractivity (Wildman–Crippen MR) is 139 cm³/mol. The summed E-state index contributed by atoms with van der Waals surface area (Å²) in [4.78, 5) is 19.0. The van der Waals surface area contributed by atoms with Crippen LogP contribution in [0.25, 0.3) is 0 Å². The molecule has 31 heavy (non-hydrogen) atoms. The number of para-hydroxylation sites is 1. The maximum absolute atomic E-state index is 12.6. The third kappa shape index (κ3) is 8.86. The molecule has 7 heteroatoms. The van der Waals surface area contributed by atoms with Gasteiger partial charge in [-0.3, -0.25) is 9.79 Å². The Morgan fingerprint density at radius 2 is 1.81 bits per heavy atom. The van der Waals surface area contributed by atoms with E-state index in [0.717, 1.165) is 56.0 Å². The van der Waals surface area contributed by atoms with E-state index in [-0.39, 0.29) is 35.5 Å². The van der Waals surface area contributed by atoms with E-state index in [1.807, 2.05) is 23.1 Å². The van der Waals surface area contributed by atoms with Crippen molar-refractivity contribution < 1.29 is 9.53 Å². The fraction of sp³-hybridized carbons (Fsp3) is 0.667. The Hall–Kier alpha value is -1.51. The number of hydrogen-bond donors (Lipinski definition) is 2. The van der Waals surface area contributed by atoms with E-state index < -0.39 is 0 Å². The summed E-state index contributed by atoms with van der Waals surface area (Å²) in [5, 5.41) is 6.93. The standard InChI is InChI=1S/C24H40N4O2.HI/c1-7-18(8-2)22(29)28-15-13-20(14-16-28)27-23(25-6)26-17-19-11-9-10-12-21(19)30-24(3,4)5;/h9-12,18,20H,7-8,13-17H2,1-6H3,(H2,25,26,27);1H. The van der Waals surface area contributed by atoms with Gasteiger partial charge in [0.05, 0.1) is 0 Å². The number of halogens is 1. The summed E-state index contributed by atoms with van der Waals surface area (Å²) in [7, 11) is 1.79. The molecule has 0 unspecified atom stereocenters. The molecule has 1 aliphatic heterocycles. The van der Waals surface area contributed by atoms with Crippen molar-refractivity contribution in [3.8, 4) is 5.75 Å². The molecule has 1 aromatic carbocycles. The van der Waals surface area contributed by atoms with Gasteiger partial charge in [-0.05, 0) is 52.5 Å². The summed E-state index contributed by atoms with van der Waals surface area (Å²) < 4.78 is 6.08. The van der Waals surface area contributed by atoms with Gasteiger partial charge in [-0.1, -0.05) is 32.0 Å². The summed E-state index contributed by atoms with van der Waals surface area (Å²) in [6.07, 6.45) is 3.72. The van der Waals surface area contributed by atoms with Gasteiger partial charge < -0.3 is 20.3 Å². The molecule has 2 rings (SSSR count). The second kappa shape index (κ2) is 13.1. The van der Waals surface area contributed by atoms with E-state index in [4.69, 9.17) is 4.74 Å². The maximum atomic E-state index is 12.6. The molecule has 1 heterocycles. The molecular formula is C24H41IN4O2. The highest BCUT2D eigenvalue weighted by Crippen LogP contribution is 2.23. The first-order valence-electron chi connectivity index (χ1n) is 11.3. The third-order valence-electron chi connectivity index (χ3n) is 5.54. The average Bonchev–Trinajstić information content (AvgIpc) is 2.72. The zero-order valence-electron chi connectivity index (χ0n) is 20.0. The topological polar surface area (TPSA) is 66.0 Å². The number of guanidine groups is 1. The van der Waals surface area contributed by atoms with Crippen molar-refractivity contribution >= 4 is 35.8 Å². The number of benzene rings is 1. The van der Waals surface area contributed by atoms with Crippen LogP contribution in [0.2, 0.25) is 0 Å². The molecular weight excluding hydrogens is 503 g/mol. The van der Waals surface area contributed by atoms with Gasteiger partial charge in [-0.25, -0.2) is 0 Å². The van der Waals surface area contributed by atoms with Gasteiger partial charge in [0.15, 0.2) is 5.96 Å². The van der Waals surface area contributed by atoms with E-state index in [1.165, 1.54) is 0 Å². The first kappa shape index (κ1) is 27.5. The Kier molecular flexibility index (Phi) is 11.7. The smallest absolute Gasteiger partial charge is 0.225 e. The second-order valence-corrected chi connectivity index (χ2v) is 9.01. The zero-order chi connectivity index (χ0) is 22.1. The SMILES string of the molecule is CCC(CC)C(=O)N1CCC(NC(=NC)NCc2ccccc2OC(C)(C)C)CC1.I. The van der Waals surface area contributed by atoms with Crippen molar-refractivity contribution in [2.45, 2.75) is 78.5 Å². The molecule has 0 aliphatic carbocycles. The van der Waals surface area contributed by atoms with Crippen LogP contribution in [0.15, 0.2) is 29.3 Å². The first-order valence-corrected chi connectivity index (χ1v) is 11.3. The van der Waals surface area contributed by atoms with Crippen LogP contribution in [0.5, 0.6) is 5.75 Å². The molecule has 1 aliphatic rings. The molecule has 1 aromatic rings. The molecule has 0 spiro atoms. The van der Waals surface area contributed by atoms with E-state index in [1.54, 1.807) is 7.05 Å². The predicted octanol–water partition coefficient (Wildman–Crippen LogP) is 4.57. The highest BCUT2D eigenvalue weighted by atomic mass is 127. The number of nitrogens with one attached hydrogen (secondary N) is 2. The number of ether oxygens (including phenoxy) is 1. The molecule has 2 N–H and O–H groups in total. The number of hydrogen-bond acceptors (Lipinski definition) is 3. The number of carbonyl (C=O) groups is 1. The molecule has 0 aromatic heterocycles. The summed E-state index contributed by atoms with van der Waals surface area (Å²) in [5.74, 6) is 2.15. The summed E-state index contributed by atoms with van der Waals surface area (Å²) >= 11 is 0. The fourth-order valence-corrected chi connectivity index (χ4v) is 3.79. The van der Waals surface area contributed by atoms with E-state index >= 15 is 0 Å². The first-order chi connectivity index (χ1) is 14.3. The third-order valence-corrected chi connectivity index (χ3v) is 5.54. The number of rotatable bonds is 7. The molecule has 6 nitrogen and oxygen atoms in total. The summed E-state index contributed by atoms with van der Waals surface area (Å²) in [5.41, 5.74) is 0.858. The minimum Gasteiger partial charge on any atom is -0.488 e. The van der Waals surface area contributed by atoms with Crippen LogP contribution < -0.4 is 15.4 Å². The van der Waals surface area contributed by atoms with Crippen LogP contribution >= 0.6 is 24.0 Å². The van der Waals surface area contributed by atoms with Gasteiger partial charge in [0.1, 0.15) is 11.4 Å². The lowest BCUT2D eigenvalue weighted by atomic mass is 9.98. The maximum Gasteiger partial charge on any atom is 0.225 e. The number of carbonyl (C=O) groups excluding carboxylic acids is 1. The second-order valence-electron chi connectivity index (χ2n) is 9.01. The lowest BCUT2D eigenvalue weighted by Gasteiger charge is -2.35. The lowest BCUT2D eigenvalue weighted by Crippen LogP contribution is -2.50. The van der Waals surface area contributed by atoms with E-state index in [0.29, 0.717) is 18.5 Å². The number of amides is 1. The number of likely N-dealkylation sites (tertiary alicyclic amines) is 1. The molecule has 0 radical (unpaired) electrons. The van der Waals surface area contributed by atoms with Crippen molar-refractivity contribution in [1.29, 1.82) is 0 Å². The van der Waals surface area contributed by atoms with Gasteiger partial charge >= 0.3 is 0 Å². The van der Waals surface area contributed by atoms with Gasteiger partial charge in [0.25, 0.3) is 0 Å². The minimum absolute atomic E-state index is 0. The zero-order valence-corrected chi connectivity index (χ0v) is 22.4. The van der Waals surface area contributed by atoms with Crippen molar-refractivity contribution in [3.63, 3.8) is 0 Å². The van der Waals surface area contributed by atoms with Crippen LogP contribution in [0, 0.1) is 5.92 Å². The van der Waals surface area contributed by atoms with Crippen LogP contribution in [0.4, 0.5) is 0 Å². The molecule has 1 fully saturated rings.